The molecule has 3 N–H and O–H groups in total. The molecular weight excluding hydrogens is 793 g/mol. The van der Waals surface area contributed by atoms with E-state index in [-0.39, 0.29) is 37.1 Å². The van der Waals surface area contributed by atoms with Crippen molar-refractivity contribution in [2.45, 2.75) is 87.6 Å². The highest BCUT2D eigenvalue weighted by Crippen LogP contribution is 2.60. The number of fused-ring (bicyclic) bond motifs is 3. The number of non-ortho nitro benzene ring substituents is 1. The van der Waals surface area contributed by atoms with Gasteiger partial charge in [0.2, 0.25) is 5.91 Å². The third kappa shape index (κ3) is 6.73. The molecule has 0 saturated carbocycles. The van der Waals surface area contributed by atoms with Gasteiger partial charge in [0.15, 0.2) is 13.9 Å². The summed E-state index contributed by atoms with van der Waals surface area (Å²) in [6.45, 7) is 7.35. The Kier molecular flexibility index (Phi) is 10.4. The lowest BCUT2D eigenvalue weighted by molar-refractivity contribution is -0.385. The fourth-order valence-electron chi connectivity index (χ4n) is 11.0. The van der Waals surface area contributed by atoms with Crippen LogP contribution in [0.3, 0.4) is 0 Å². The molecule has 5 aliphatic rings. The highest BCUT2D eigenvalue weighted by molar-refractivity contribution is 6.71. The molecule has 5 atom stereocenters. The minimum absolute atomic E-state index is 0.0264. The average Bonchev–Trinajstić information content (AvgIpc) is 3.80. The number of nitrogens with one attached hydrogen (secondary N) is 1. The van der Waals surface area contributed by atoms with Gasteiger partial charge in [-0.1, -0.05) is 61.5 Å². The van der Waals surface area contributed by atoms with E-state index in [1.807, 2.05) is 90.7 Å². The van der Waals surface area contributed by atoms with Crippen LogP contribution in [-0.4, -0.2) is 89.8 Å². The molecule has 14 nitrogen and oxygen atoms in total. The molecule has 15 heteroatoms. The van der Waals surface area contributed by atoms with Crippen molar-refractivity contribution in [3.05, 3.63) is 129 Å². The van der Waals surface area contributed by atoms with Crippen molar-refractivity contribution < 1.29 is 33.9 Å². The van der Waals surface area contributed by atoms with E-state index >= 15 is 4.79 Å². The molecule has 3 amide bonds. The van der Waals surface area contributed by atoms with E-state index in [0.717, 1.165) is 35.5 Å². The van der Waals surface area contributed by atoms with E-state index in [1.165, 1.54) is 12.1 Å². The van der Waals surface area contributed by atoms with Gasteiger partial charge in [0.1, 0.15) is 5.54 Å². The van der Waals surface area contributed by atoms with E-state index in [4.69, 9.17) is 4.74 Å². The number of benzene rings is 4. The molecule has 5 heterocycles. The van der Waals surface area contributed by atoms with Gasteiger partial charge in [0.05, 0.1) is 49.0 Å². The molecule has 0 radical (unpaired) electrons. The highest BCUT2D eigenvalue weighted by atomic mass is 28.4. The second kappa shape index (κ2) is 15.5. The molecule has 2 spiro atoms. The summed E-state index contributed by atoms with van der Waals surface area (Å²) in [7, 11) is -3.20. The van der Waals surface area contributed by atoms with E-state index in [9.17, 15) is 29.6 Å². The number of hydrogen-bond donors (Lipinski definition) is 3. The number of hydrogen-bond acceptors (Lipinski definition) is 10. The van der Waals surface area contributed by atoms with Gasteiger partial charge in [-0.2, -0.15) is 0 Å². The Bertz CT molecular complexity index is 2390. The number of nitro benzene ring substituents is 1. The summed E-state index contributed by atoms with van der Waals surface area (Å²) in [5.74, 6) is -1.33. The van der Waals surface area contributed by atoms with Crippen LogP contribution in [0.4, 0.5) is 22.7 Å². The van der Waals surface area contributed by atoms with Crippen LogP contribution in [0.15, 0.2) is 97.1 Å². The van der Waals surface area contributed by atoms with Crippen molar-refractivity contribution >= 4 is 48.8 Å². The summed E-state index contributed by atoms with van der Waals surface area (Å²) >= 11 is 0. The van der Waals surface area contributed by atoms with Gasteiger partial charge < -0.3 is 34.7 Å². The Hall–Kier alpha value is -5.45. The summed E-state index contributed by atoms with van der Waals surface area (Å²) in [5.41, 5.74) is 2.03. The van der Waals surface area contributed by atoms with Crippen molar-refractivity contribution in [1.82, 2.24) is 10.2 Å². The number of nitrogens with zero attached hydrogens (tertiary/aromatic N) is 5. The van der Waals surface area contributed by atoms with Crippen LogP contribution >= 0.6 is 0 Å². The van der Waals surface area contributed by atoms with Crippen molar-refractivity contribution in [3.63, 3.8) is 0 Å². The standard InChI is InChI=1S/C46H52N6O8Si/c1-30-42(61(2,3)59)40(25-41(54)48-27-33-12-8-7-11-32(33)23-37(48)28-53)60-46(30)38-24-36(52(57)58)16-17-39(38)49(44(46)56)26-31-10-9-15-35(22-31)50-29-51(34-13-5-4-6-14-34)45(43(50)55)18-20-47-21-19-45/h4-17,22,24,30,37,40,42,47,53,59H,18-21,23,25-29H2,1-3H3/t30-,37+,40+,42-,46+/m1/s1. The number of para-hydroxylation sites is 1. The number of aliphatic hydroxyl groups excluding tert-OH is 1. The van der Waals surface area contributed by atoms with Crippen molar-refractivity contribution in [2.75, 3.05) is 41.1 Å². The first-order valence-electron chi connectivity index (χ1n) is 21.2. The number of nitro groups is 1. The van der Waals surface area contributed by atoms with Gasteiger partial charge >= 0.3 is 0 Å². The van der Waals surface area contributed by atoms with E-state index in [2.05, 4.69) is 10.2 Å². The van der Waals surface area contributed by atoms with Crippen LogP contribution in [-0.2, 0) is 44.2 Å². The highest BCUT2D eigenvalue weighted by Gasteiger charge is 2.67. The van der Waals surface area contributed by atoms with Crippen molar-refractivity contribution in [2.24, 2.45) is 5.92 Å². The molecular formula is C46H52N6O8Si. The van der Waals surface area contributed by atoms with Gasteiger partial charge in [-0.25, -0.2) is 0 Å². The van der Waals surface area contributed by atoms with Crippen LogP contribution < -0.4 is 20.0 Å². The molecule has 4 aromatic rings. The summed E-state index contributed by atoms with van der Waals surface area (Å²) in [5, 5.41) is 26.0. The summed E-state index contributed by atoms with van der Waals surface area (Å²) < 4.78 is 6.93. The zero-order valence-corrected chi connectivity index (χ0v) is 35.7. The third-order valence-electron chi connectivity index (χ3n) is 13.9. The number of anilines is 3. The van der Waals surface area contributed by atoms with Crippen LogP contribution in [0.1, 0.15) is 48.4 Å². The van der Waals surface area contributed by atoms with Crippen LogP contribution in [0.2, 0.25) is 18.6 Å². The number of carbonyl (C=O) groups excluding carboxylic acids is 3. The number of ether oxygens (including phenoxy) is 1. The number of amides is 3. The van der Waals surface area contributed by atoms with E-state index in [1.54, 1.807) is 29.0 Å². The van der Waals surface area contributed by atoms with Crippen LogP contribution in [0.25, 0.3) is 0 Å². The maximum Gasteiger partial charge on any atom is 0.269 e. The molecule has 318 valence electrons. The van der Waals surface area contributed by atoms with Gasteiger partial charge in [0.25, 0.3) is 17.5 Å². The first kappa shape index (κ1) is 40.9. The quantitative estimate of drug-likeness (QED) is 0.116. The van der Waals surface area contributed by atoms with Gasteiger partial charge in [-0.3, -0.25) is 29.4 Å². The number of aliphatic hydroxyl groups is 1. The van der Waals surface area contributed by atoms with E-state index < -0.39 is 53.9 Å². The largest absolute Gasteiger partial charge is 0.432 e. The monoisotopic (exact) mass is 844 g/mol. The summed E-state index contributed by atoms with van der Waals surface area (Å²) in [6.07, 6.45) is 0.790. The molecule has 9 rings (SSSR count). The fourth-order valence-corrected chi connectivity index (χ4v) is 13.6. The molecule has 0 unspecified atom stereocenters. The zero-order chi connectivity index (χ0) is 42.8. The molecule has 0 bridgehead atoms. The maximum atomic E-state index is 15.3. The zero-order valence-electron chi connectivity index (χ0n) is 34.7. The van der Waals surface area contributed by atoms with Crippen LogP contribution in [0, 0.1) is 16.0 Å². The Labute approximate surface area is 356 Å². The number of piperidine rings is 1. The SMILES string of the molecule is C[C@@H]1[C@@H]([Si](C)(C)O)[C@H](CC(=O)N2Cc3ccccc3C[C@H]2CO)O[C@@]12C(=O)N(Cc1cccc(N3CN(c4ccccc4)C4(CCNCC4)C3=O)c1)c1ccc([N+](=O)[O-])cc12. The van der Waals surface area contributed by atoms with Crippen molar-refractivity contribution in [3.8, 4) is 0 Å². The summed E-state index contributed by atoms with van der Waals surface area (Å²) in [4.78, 5) is 75.0. The predicted molar refractivity (Wildman–Crippen MR) is 232 cm³/mol. The second-order valence-corrected chi connectivity index (χ2v) is 21.8. The minimum atomic E-state index is -3.20. The molecule has 0 aromatic heterocycles. The normalized spacial score (nSPS) is 25.7. The van der Waals surface area contributed by atoms with E-state index in [0.29, 0.717) is 49.4 Å². The van der Waals surface area contributed by atoms with Gasteiger partial charge in [0, 0.05) is 47.1 Å². The Morgan fingerprint density at radius 1 is 0.934 bits per heavy atom. The van der Waals surface area contributed by atoms with Gasteiger partial charge in [-0.15, -0.1) is 0 Å². The Balaban J connectivity index is 1.04. The fraction of sp³-hybridized carbons (Fsp3) is 0.413. The van der Waals surface area contributed by atoms with Crippen molar-refractivity contribution in [1.29, 1.82) is 0 Å². The van der Waals surface area contributed by atoms with Gasteiger partial charge in [-0.05, 0) is 92.5 Å². The Morgan fingerprint density at radius 2 is 1.64 bits per heavy atom. The topological polar surface area (TPSA) is 169 Å². The lowest BCUT2D eigenvalue weighted by Gasteiger charge is -2.39. The first-order chi connectivity index (χ1) is 29.3. The number of carbonyl (C=O) groups is 3. The molecule has 61 heavy (non-hydrogen) atoms. The minimum Gasteiger partial charge on any atom is -0.432 e. The molecule has 0 aliphatic carbocycles. The average molecular weight is 845 g/mol. The molecule has 4 aromatic carbocycles. The lowest BCUT2D eigenvalue weighted by atomic mass is 9.82. The predicted octanol–water partition coefficient (Wildman–Crippen LogP) is 5.21. The molecule has 3 fully saturated rings. The molecule has 5 aliphatic heterocycles. The smallest absolute Gasteiger partial charge is 0.269 e. The summed E-state index contributed by atoms with van der Waals surface area (Å²) in [6, 6.07) is 29.3. The number of rotatable bonds is 9. The first-order valence-corrected chi connectivity index (χ1v) is 24.2. The molecule has 3 saturated heterocycles. The third-order valence-corrected chi connectivity index (χ3v) is 16.4. The second-order valence-electron chi connectivity index (χ2n) is 17.8. The lowest BCUT2D eigenvalue weighted by Crippen LogP contribution is -2.55. The Morgan fingerprint density at radius 3 is 2.34 bits per heavy atom. The van der Waals surface area contributed by atoms with Crippen LogP contribution in [0.5, 0.6) is 0 Å². The maximum absolute atomic E-state index is 15.3.